The SMILES string of the molecule is CN/C=C(\C=N)c1cnc(N)c(NCc2ccc3ncc(Cl)n3c2)n1. The van der Waals surface area contributed by atoms with Crippen LogP contribution in [-0.2, 0) is 6.54 Å². The number of anilines is 2. The van der Waals surface area contributed by atoms with Gasteiger partial charge < -0.3 is 21.8 Å². The highest BCUT2D eigenvalue weighted by atomic mass is 35.5. The number of rotatable bonds is 6. The van der Waals surface area contributed by atoms with Crippen LogP contribution in [0.25, 0.3) is 11.2 Å². The Labute approximate surface area is 149 Å². The number of allylic oxidation sites excluding steroid dienone is 1. The highest BCUT2D eigenvalue weighted by Gasteiger charge is 2.08. The zero-order chi connectivity index (χ0) is 17.8. The largest absolute Gasteiger partial charge is 0.393 e. The summed E-state index contributed by atoms with van der Waals surface area (Å²) in [7, 11) is 1.75. The summed E-state index contributed by atoms with van der Waals surface area (Å²) >= 11 is 6.09. The molecule has 0 atom stereocenters. The monoisotopic (exact) mass is 356 g/mol. The van der Waals surface area contributed by atoms with Gasteiger partial charge >= 0.3 is 0 Å². The lowest BCUT2D eigenvalue weighted by atomic mass is 10.2. The number of nitrogens with two attached hydrogens (primary N) is 1. The number of nitrogens with zero attached hydrogens (tertiary/aromatic N) is 4. The van der Waals surface area contributed by atoms with Crippen LogP contribution in [0.5, 0.6) is 0 Å². The standard InChI is InChI=1S/C16H17ClN8/c1-20-6-11(4-18)12-7-22-15(19)16(24-12)23-5-10-2-3-14-21-8-13(17)25(14)9-10/h2-4,6-9,18,20H,5H2,1H3,(H2,19,22)(H,23,24)/b11-6+,18-4?. The molecule has 0 bridgehead atoms. The predicted molar refractivity (Wildman–Crippen MR) is 99.8 cm³/mol. The smallest absolute Gasteiger partial charge is 0.169 e. The van der Waals surface area contributed by atoms with E-state index >= 15 is 0 Å². The second kappa shape index (κ2) is 7.18. The zero-order valence-electron chi connectivity index (χ0n) is 13.5. The Balaban J connectivity index is 1.83. The quantitative estimate of drug-likeness (QED) is 0.503. The Hall–Kier alpha value is -3.13. The first-order chi connectivity index (χ1) is 12.1. The van der Waals surface area contributed by atoms with Crippen LogP contribution in [0, 0.1) is 5.41 Å². The Morgan fingerprint density at radius 1 is 1.36 bits per heavy atom. The number of fused-ring (bicyclic) bond motifs is 1. The normalized spacial score (nSPS) is 11.5. The van der Waals surface area contributed by atoms with Crippen LogP contribution in [0.2, 0.25) is 5.15 Å². The number of nitrogens with one attached hydrogen (secondary N) is 3. The van der Waals surface area contributed by atoms with Crippen molar-refractivity contribution in [2.45, 2.75) is 6.54 Å². The number of hydrogen-bond acceptors (Lipinski definition) is 7. The molecule has 0 spiro atoms. The van der Waals surface area contributed by atoms with E-state index in [1.807, 2.05) is 18.3 Å². The maximum Gasteiger partial charge on any atom is 0.169 e. The molecule has 3 aromatic heterocycles. The Morgan fingerprint density at radius 3 is 2.96 bits per heavy atom. The number of pyridine rings is 1. The van der Waals surface area contributed by atoms with Gasteiger partial charge in [-0.05, 0) is 11.6 Å². The molecule has 3 rings (SSSR count). The maximum atomic E-state index is 7.47. The fourth-order valence-corrected chi connectivity index (χ4v) is 2.48. The van der Waals surface area contributed by atoms with Gasteiger partial charge in [0.15, 0.2) is 11.6 Å². The highest BCUT2D eigenvalue weighted by molar-refractivity contribution is 6.29. The molecule has 0 aromatic carbocycles. The molecule has 128 valence electrons. The van der Waals surface area contributed by atoms with Crippen LogP contribution < -0.4 is 16.4 Å². The molecule has 0 saturated carbocycles. The molecule has 0 saturated heterocycles. The molecule has 3 heterocycles. The average Bonchev–Trinajstić information content (AvgIpc) is 3.00. The minimum atomic E-state index is 0.291. The van der Waals surface area contributed by atoms with Gasteiger partial charge in [0.2, 0.25) is 0 Å². The Bertz CT molecular complexity index is 946. The molecular formula is C16H17ClN8. The minimum Gasteiger partial charge on any atom is -0.393 e. The van der Waals surface area contributed by atoms with Gasteiger partial charge in [-0.1, -0.05) is 17.7 Å². The molecule has 9 heteroatoms. The van der Waals surface area contributed by atoms with E-state index in [2.05, 4.69) is 25.6 Å². The maximum absolute atomic E-state index is 7.47. The molecule has 0 amide bonds. The van der Waals surface area contributed by atoms with E-state index in [1.165, 1.54) is 12.4 Å². The van der Waals surface area contributed by atoms with E-state index in [-0.39, 0.29) is 0 Å². The van der Waals surface area contributed by atoms with Gasteiger partial charge in [0.05, 0.1) is 18.1 Å². The number of hydrogen-bond donors (Lipinski definition) is 4. The van der Waals surface area contributed by atoms with Gasteiger partial charge in [0.1, 0.15) is 10.8 Å². The van der Waals surface area contributed by atoms with Crippen molar-refractivity contribution >= 4 is 40.7 Å². The van der Waals surface area contributed by atoms with Gasteiger partial charge in [-0.2, -0.15) is 0 Å². The fourth-order valence-electron chi connectivity index (χ4n) is 2.30. The fraction of sp³-hybridized carbons (Fsp3) is 0.125. The summed E-state index contributed by atoms with van der Waals surface area (Å²) in [6.07, 6.45) is 7.91. The first-order valence-corrected chi connectivity index (χ1v) is 7.86. The minimum absolute atomic E-state index is 0.291. The molecule has 0 aliphatic rings. The molecule has 3 aromatic rings. The molecule has 0 unspecified atom stereocenters. The summed E-state index contributed by atoms with van der Waals surface area (Å²) in [5.74, 6) is 0.748. The third-order valence-corrected chi connectivity index (χ3v) is 3.81. The van der Waals surface area contributed by atoms with Crippen molar-refractivity contribution in [3.63, 3.8) is 0 Å². The lowest BCUT2D eigenvalue weighted by Crippen LogP contribution is -2.09. The lowest BCUT2D eigenvalue weighted by Gasteiger charge is -2.10. The number of halogens is 1. The van der Waals surface area contributed by atoms with Crippen molar-refractivity contribution in [3.8, 4) is 0 Å². The first-order valence-electron chi connectivity index (χ1n) is 7.48. The van der Waals surface area contributed by atoms with Crippen LogP contribution in [0.4, 0.5) is 11.6 Å². The lowest BCUT2D eigenvalue weighted by molar-refractivity contribution is 1.05. The predicted octanol–water partition coefficient (Wildman–Crippen LogP) is 2.18. The van der Waals surface area contributed by atoms with Crippen LogP contribution in [0.15, 0.2) is 36.9 Å². The molecular weight excluding hydrogens is 340 g/mol. The van der Waals surface area contributed by atoms with Gasteiger partial charge in [0, 0.05) is 37.8 Å². The Morgan fingerprint density at radius 2 is 2.20 bits per heavy atom. The number of nitrogen functional groups attached to an aromatic ring is 1. The summed E-state index contributed by atoms with van der Waals surface area (Å²) in [5.41, 5.74) is 8.82. The third-order valence-electron chi connectivity index (χ3n) is 3.53. The van der Waals surface area contributed by atoms with E-state index in [1.54, 1.807) is 23.8 Å². The van der Waals surface area contributed by atoms with Crippen molar-refractivity contribution < 1.29 is 0 Å². The van der Waals surface area contributed by atoms with Gasteiger partial charge in [-0.15, -0.1) is 0 Å². The van der Waals surface area contributed by atoms with Crippen LogP contribution in [-0.4, -0.2) is 32.6 Å². The van der Waals surface area contributed by atoms with Crippen LogP contribution >= 0.6 is 11.6 Å². The molecule has 0 fully saturated rings. The molecule has 0 aliphatic heterocycles. The highest BCUT2D eigenvalue weighted by Crippen LogP contribution is 2.18. The second-order valence-electron chi connectivity index (χ2n) is 5.22. The number of imidazole rings is 1. The van der Waals surface area contributed by atoms with E-state index in [9.17, 15) is 0 Å². The summed E-state index contributed by atoms with van der Waals surface area (Å²) in [5, 5.41) is 14.1. The van der Waals surface area contributed by atoms with E-state index in [4.69, 9.17) is 22.7 Å². The number of aromatic nitrogens is 4. The molecule has 5 N–H and O–H groups in total. The van der Waals surface area contributed by atoms with Crippen LogP contribution in [0.1, 0.15) is 11.3 Å². The van der Waals surface area contributed by atoms with Gasteiger partial charge in [0.25, 0.3) is 0 Å². The molecule has 0 aliphatic carbocycles. The van der Waals surface area contributed by atoms with E-state index < -0.39 is 0 Å². The summed E-state index contributed by atoms with van der Waals surface area (Å²) in [4.78, 5) is 12.8. The molecule has 25 heavy (non-hydrogen) atoms. The zero-order valence-corrected chi connectivity index (χ0v) is 14.2. The Kier molecular flexibility index (Phi) is 4.80. The van der Waals surface area contributed by atoms with Crippen molar-refractivity contribution in [2.24, 2.45) is 0 Å². The van der Waals surface area contributed by atoms with Gasteiger partial charge in [-0.25, -0.2) is 15.0 Å². The molecule has 0 radical (unpaired) electrons. The first kappa shape index (κ1) is 16.7. The van der Waals surface area contributed by atoms with E-state index in [0.29, 0.717) is 34.6 Å². The van der Waals surface area contributed by atoms with Crippen molar-refractivity contribution in [3.05, 3.63) is 53.3 Å². The van der Waals surface area contributed by atoms with Crippen molar-refractivity contribution in [1.82, 2.24) is 24.7 Å². The molecule has 8 nitrogen and oxygen atoms in total. The third kappa shape index (κ3) is 3.53. The van der Waals surface area contributed by atoms with Gasteiger partial charge in [-0.3, -0.25) is 4.40 Å². The summed E-state index contributed by atoms with van der Waals surface area (Å²) in [6.45, 7) is 0.489. The summed E-state index contributed by atoms with van der Waals surface area (Å²) in [6, 6.07) is 3.83. The topological polar surface area (TPSA) is 117 Å². The van der Waals surface area contributed by atoms with E-state index in [0.717, 1.165) is 11.2 Å². The van der Waals surface area contributed by atoms with Crippen LogP contribution in [0.3, 0.4) is 0 Å². The summed E-state index contributed by atoms with van der Waals surface area (Å²) < 4.78 is 1.80. The second-order valence-corrected chi connectivity index (χ2v) is 5.61. The van der Waals surface area contributed by atoms with Crippen molar-refractivity contribution in [2.75, 3.05) is 18.1 Å². The average molecular weight is 357 g/mol. The van der Waals surface area contributed by atoms with Crippen molar-refractivity contribution in [1.29, 1.82) is 5.41 Å².